The summed E-state index contributed by atoms with van der Waals surface area (Å²) in [6.07, 6.45) is -4.05. The minimum atomic E-state index is -5.05. The second-order valence-electron chi connectivity index (χ2n) is 6.11. The maximum Gasteiger partial charge on any atom is 0.440 e. The minimum Gasteiger partial charge on any atom is -0.361 e. The van der Waals surface area contributed by atoms with E-state index < -0.39 is 34.1 Å². The lowest BCUT2D eigenvalue weighted by molar-refractivity contribution is -0.249. The van der Waals surface area contributed by atoms with Gasteiger partial charge < -0.3 is 10.0 Å². The first-order chi connectivity index (χ1) is 12.4. The largest absolute Gasteiger partial charge is 0.440 e. The Morgan fingerprint density at radius 3 is 2.30 bits per heavy atom. The molecule has 0 radical (unpaired) electrons. The molecule has 1 unspecified atom stereocenters. The van der Waals surface area contributed by atoms with Crippen molar-refractivity contribution < 1.29 is 31.1 Å². The van der Waals surface area contributed by atoms with E-state index in [1.54, 1.807) is 0 Å². The number of anilines is 1. The van der Waals surface area contributed by atoms with Gasteiger partial charge in [0.15, 0.2) is 9.84 Å². The summed E-state index contributed by atoms with van der Waals surface area (Å²) in [4.78, 5) is 4.46. The van der Waals surface area contributed by atoms with Crippen LogP contribution in [-0.4, -0.2) is 44.1 Å². The van der Waals surface area contributed by atoms with E-state index in [2.05, 4.69) is 4.99 Å². The number of aliphatic hydroxyl groups is 1. The van der Waals surface area contributed by atoms with Crippen LogP contribution in [0.25, 0.3) is 0 Å². The molecular weight excluding hydrogens is 388 g/mol. The molecule has 5 nitrogen and oxygen atoms in total. The zero-order valence-electron chi connectivity index (χ0n) is 13.9. The molecule has 3 rings (SSSR count). The Kier molecular flexibility index (Phi) is 4.51. The fourth-order valence-corrected chi connectivity index (χ4v) is 3.28. The van der Waals surface area contributed by atoms with Gasteiger partial charge in [-0.3, -0.25) is 0 Å². The van der Waals surface area contributed by atoms with Crippen molar-refractivity contribution in [3.05, 3.63) is 59.9 Å². The molecule has 1 aliphatic heterocycles. The van der Waals surface area contributed by atoms with Gasteiger partial charge in [0, 0.05) is 17.5 Å². The fourth-order valence-electron chi connectivity index (χ4n) is 2.65. The molecule has 1 N–H and O–H groups in total. The van der Waals surface area contributed by atoms with Crippen LogP contribution in [0.2, 0.25) is 0 Å². The molecule has 0 amide bonds. The van der Waals surface area contributed by atoms with E-state index >= 15 is 0 Å². The van der Waals surface area contributed by atoms with Crippen LogP contribution < -0.4 is 4.90 Å². The van der Waals surface area contributed by atoms with E-state index in [1.807, 2.05) is 0 Å². The van der Waals surface area contributed by atoms with Crippen LogP contribution in [-0.2, 0) is 9.84 Å². The predicted octanol–water partition coefficient (Wildman–Crippen LogP) is 2.75. The minimum absolute atomic E-state index is 0.0202. The van der Waals surface area contributed by atoms with Gasteiger partial charge in [0.1, 0.15) is 11.7 Å². The standard InChI is InChI=1S/C17H14F4N2O3S/c1-27(25,26)14-7-5-11(6-8-14)15-22-16(24,17(19,20)21)10-23(15)13-4-2-3-12(18)9-13/h2-9,24H,10H2,1H3. The van der Waals surface area contributed by atoms with Crippen LogP contribution in [0.4, 0.5) is 23.2 Å². The highest BCUT2D eigenvalue weighted by Crippen LogP contribution is 2.39. The van der Waals surface area contributed by atoms with Crippen molar-refractivity contribution in [2.75, 3.05) is 17.7 Å². The number of halogens is 4. The molecule has 144 valence electrons. The Morgan fingerprint density at radius 2 is 1.78 bits per heavy atom. The Balaban J connectivity index is 2.11. The van der Waals surface area contributed by atoms with Crippen molar-refractivity contribution in [1.29, 1.82) is 0 Å². The van der Waals surface area contributed by atoms with Crippen molar-refractivity contribution in [3.63, 3.8) is 0 Å². The van der Waals surface area contributed by atoms with Crippen LogP contribution in [0, 0.1) is 5.82 Å². The Hall–Kier alpha value is -2.46. The maximum atomic E-state index is 13.5. The van der Waals surface area contributed by atoms with Gasteiger partial charge >= 0.3 is 6.18 Å². The molecule has 0 fully saturated rings. The summed E-state index contributed by atoms with van der Waals surface area (Å²) in [5, 5.41) is 10.0. The van der Waals surface area contributed by atoms with Crippen LogP contribution in [0.5, 0.6) is 0 Å². The number of nitrogens with zero attached hydrogens (tertiary/aromatic N) is 2. The van der Waals surface area contributed by atoms with Gasteiger partial charge in [-0.05, 0) is 42.5 Å². The zero-order chi connectivity index (χ0) is 20.0. The van der Waals surface area contributed by atoms with E-state index in [1.165, 1.54) is 36.4 Å². The normalized spacial score (nSPS) is 20.7. The lowest BCUT2D eigenvalue weighted by atomic mass is 10.1. The molecule has 0 aliphatic carbocycles. The molecular formula is C17H14F4N2O3S. The number of hydrogen-bond acceptors (Lipinski definition) is 5. The fraction of sp³-hybridized carbons (Fsp3) is 0.235. The number of aliphatic imine (C=N–C) groups is 1. The van der Waals surface area contributed by atoms with Crippen LogP contribution in [0.15, 0.2) is 58.4 Å². The van der Waals surface area contributed by atoms with E-state index in [-0.39, 0.29) is 22.0 Å². The van der Waals surface area contributed by atoms with Crippen LogP contribution in [0.3, 0.4) is 0 Å². The number of β-amino-alcohol motifs (C(OH)–C–C–N with tert-alkyl or cyclic N) is 1. The number of sulfone groups is 1. The second-order valence-corrected chi connectivity index (χ2v) is 8.13. The SMILES string of the molecule is CS(=O)(=O)c1ccc(C2=NC(O)(C(F)(F)F)CN2c2cccc(F)c2)cc1. The number of rotatable bonds is 3. The molecule has 0 saturated heterocycles. The first-order valence-electron chi connectivity index (χ1n) is 7.63. The Labute approximate surface area is 152 Å². The molecule has 27 heavy (non-hydrogen) atoms. The third-order valence-corrected chi connectivity index (χ3v) is 5.17. The van der Waals surface area contributed by atoms with Crippen molar-refractivity contribution >= 4 is 21.4 Å². The monoisotopic (exact) mass is 402 g/mol. The highest BCUT2D eigenvalue weighted by Gasteiger charge is 2.58. The summed E-state index contributed by atoms with van der Waals surface area (Å²) in [7, 11) is -3.49. The molecule has 2 aromatic rings. The quantitative estimate of drug-likeness (QED) is 0.802. The molecule has 0 bridgehead atoms. The first-order valence-corrected chi connectivity index (χ1v) is 9.52. The molecule has 10 heteroatoms. The van der Waals surface area contributed by atoms with E-state index in [9.17, 15) is 31.1 Å². The molecule has 1 atom stereocenters. The lowest BCUT2D eigenvalue weighted by Crippen LogP contribution is -2.47. The lowest BCUT2D eigenvalue weighted by Gasteiger charge is -2.25. The summed E-state index contributed by atoms with van der Waals surface area (Å²) in [5.41, 5.74) is -3.16. The van der Waals surface area contributed by atoms with Gasteiger partial charge in [0.25, 0.3) is 5.72 Å². The topological polar surface area (TPSA) is 70.0 Å². The summed E-state index contributed by atoms with van der Waals surface area (Å²) in [5.74, 6) is -0.915. The summed E-state index contributed by atoms with van der Waals surface area (Å²) < 4.78 is 76.5. The molecule has 2 aromatic carbocycles. The third kappa shape index (κ3) is 3.67. The van der Waals surface area contributed by atoms with E-state index in [4.69, 9.17) is 0 Å². The first kappa shape index (κ1) is 19.3. The predicted molar refractivity (Wildman–Crippen MR) is 90.8 cm³/mol. The van der Waals surface area contributed by atoms with Gasteiger partial charge in [-0.2, -0.15) is 13.2 Å². The van der Waals surface area contributed by atoms with Crippen LogP contribution >= 0.6 is 0 Å². The summed E-state index contributed by atoms with van der Waals surface area (Å²) >= 11 is 0. The zero-order valence-corrected chi connectivity index (χ0v) is 14.7. The second kappa shape index (κ2) is 6.31. The molecule has 0 spiro atoms. The molecule has 0 aromatic heterocycles. The van der Waals surface area contributed by atoms with Crippen LogP contribution in [0.1, 0.15) is 5.56 Å². The summed E-state index contributed by atoms with van der Waals surface area (Å²) in [6, 6.07) is 9.86. The van der Waals surface area contributed by atoms with Gasteiger partial charge in [-0.15, -0.1) is 0 Å². The average Bonchev–Trinajstić information content (AvgIpc) is 2.93. The van der Waals surface area contributed by atoms with Crippen molar-refractivity contribution in [2.45, 2.75) is 16.8 Å². The summed E-state index contributed by atoms with van der Waals surface area (Å²) in [6.45, 7) is -0.955. The highest BCUT2D eigenvalue weighted by molar-refractivity contribution is 7.90. The Bertz CT molecular complexity index is 1000. The molecule has 1 aliphatic rings. The maximum absolute atomic E-state index is 13.5. The van der Waals surface area contributed by atoms with Gasteiger partial charge in [-0.25, -0.2) is 17.8 Å². The number of alkyl halides is 3. The van der Waals surface area contributed by atoms with Gasteiger partial charge in [0.2, 0.25) is 0 Å². The Morgan fingerprint density at radius 1 is 1.15 bits per heavy atom. The van der Waals surface area contributed by atoms with Crippen molar-refractivity contribution in [1.82, 2.24) is 0 Å². The van der Waals surface area contributed by atoms with Gasteiger partial charge in [0.05, 0.1) is 11.4 Å². The number of hydrogen-bond donors (Lipinski definition) is 1. The van der Waals surface area contributed by atoms with E-state index in [0.29, 0.717) is 0 Å². The smallest absolute Gasteiger partial charge is 0.361 e. The van der Waals surface area contributed by atoms with Gasteiger partial charge in [-0.1, -0.05) is 6.07 Å². The number of amidine groups is 1. The average molecular weight is 402 g/mol. The van der Waals surface area contributed by atoms with Crippen molar-refractivity contribution in [2.24, 2.45) is 4.99 Å². The van der Waals surface area contributed by atoms with E-state index in [0.717, 1.165) is 23.3 Å². The molecule has 0 saturated carbocycles. The third-order valence-electron chi connectivity index (χ3n) is 4.04. The van der Waals surface area contributed by atoms with Crippen molar-refractivity contribution in [3.8, 4) is 0 Å². The highest BCUT2D eigenvalue weighted by atomic mass is 32.2. The number of benzene rings is 2. The molecule has 1 heterocycles.